The second-order valence-corrected chi connectivity index (χ2v) is 5.45. The Hall–Kier alpha value is -2.20. The van der Waals surface area contributed by atoms with Crippen LogP contribution in [0.15, 0.2) is 18.3 Å². The summed E-state index contributed by atoms with van der Waals surface area (Å²) >= 11 is 0. The smallest absolute Gasteiger partial charge is 0.245 e. The zero-order valence-electron chi connectivity index (χ0n) is 12.1. The third kappa shape index (κ3) is 2.88. The lowest BCUT2D eigenvalue weighted by Gasteiger charge is -2.33. The number of alkyl halides is 1. The van der Waals surface area contributed by atoms with Crippen molar-refractivity contribution in [1.29, 1.82) is 5.26 Å². The van der Waals surface area contributed by atoms with E-state index >= 15 is 0 Å². The first-order chi connectivity index (χ1) is 10.7. The van der Waals surface area contributed by atoms with Gasteiger partial charge in [-0.05, 0) is 12.1 Å². The summed E-state index contributed by atoms with van der Waals surface area (Å²) < 4.78 is 19.2. The van der Waals surface area contributed by atoms with Gasteiger partial charge in [0.2, 0.25) is 5.91 Å². The minimum atomic E-state index is -1.05. The summed E-state index contributed by atoms with van der Waals surface area (Å²) in [5.74, 6) is -0.0706. The molecule has 22 heavy (non-hydrogen) atoms. The summed E-state index contributed by atoms with van der Waals surface area (Å²) in [7, 11) is 0. The number of hydrogen-bond acceptors (Lipinski definition) is 5. The van der Waals surface area contributed by atoms with E-state index < -0.39 is 12.2 Å². The first-order valence-corrected chi connectivity index (χ1v) is 7.32. The molecule has 6 nitrogen and oxygen atoms in total. The van der Waals surface area contributed by atoms with Crippen LogP contribution in [0.5, 0.6) is 0 Å². The number of halogens is 1. The molecule has 1 amide bonds. The minimum Gasteiger partial charge on any atom is -0.378 e. The van der Waals surface area contributed by atoms with Crippen LogP contribution < -0.4 is 4.90 Å². The maximum absolute atomic E-state index is 13.9. The molecule has 0 aromatic carbocycles. The first kappa shape index (κ1) is 14.7. The molecule has 2 fully saturated rings. The van der Waals surface area contributed by atoms with Crippen LogP contribution in [-0.4, -0.2) is 60.9 Å². The molecule has 3 rings (SSSR count). The summed E-state index contributed by atoms with van der Waals surface area (Å²) in [5.41, 5.74) is 0.927. The van der Waals surface area contributed by atoms with Crippen LogP contribution >= 0.6 is 0 Å². The topological polar surface area (TPSA) is 69.5 Å². The highest BCUT2D eigenvalue weighted by atomic mass is 19.1. The predicted octanol–water partition coefficient (Wildman–Crippen LogP) is 0.729. The van der Waals surface area contributed by atoms with Crippen LogP contribution in [0.4, 0.5) is 10.1 Å². The summed E-state index contributed by atoms with van der Waals surface area (Å²) in [6, 6.07) is 4.74. The van der Waals surface area contributed by atoms with Gasteiger partial charge in [0.25, 0.3) is 0 Å². The molecular formula is C15H17FN4O2. The maximum Gasteiger partial charge on any atom is 0.245 e. The molecule has 0 saturated carbocycles. The van der Waals surface area contributed by atoms with Crippen molar-refractivity contribution in [2.45, 2.75) is 18.6 Å². The lowest BCUT2D eigenvalue weighted by Crippen LogP contribution is -2.49. The molecule has 2 aliphatic rings. The molecule has 0 radical (unpaired) electrons. The van der Waals surface area contributed by atoms with E-state index in [0.717, 1.165) is 0 Å². The number of rotatable bonds is 2. The summed E-state index contributed by atoms with van der Waals surface area (Å²) in [4.78, 5) is 20.0. The van der Waals surface area contributed by atoms with Crippen molar-refractivity contribution in [3.63, 3.8) is 0 Å². The number of aromatic nitrogens is 1. The van der Waals surface area contributed by atoms with E-state index in [1.807, 2.05) is 6.07 Å². The van der Waals surface area contributed by atoms with E-state index in [4.69, 9.17) is 10.00 Å². The van der Waals surface area contributed by atoms with E-state index in [2.05, 4.69) is 4.98 Å². The van der Waals surface area contributed by atoms with Crippen molar-refractivity contribution >= 4 is 11.6 Å². The Balaban J connectivity index is 1.82. The molecule has 0 aliphatic carbocycles. The number of hydrogen-bond donors (Lipinski definition) is 0. The number of nitriles is 1. The summed E-state index contributed by atoms with van der Waals surface area (Å²) in [6.45, 7) is 2.28. The Kier molecular flexibility index (Phi) is 4.20. The number of morpholine rings is 1. The molecule has 0 bridgehead atoms. The number of pyridine rings is 1. The number of carbonyl (C=O) groups excluding carboxylic acids is 1. The van der Waals surface area contributed by atoms with Crippen LogP contribution in [-0.2, 0) is 9.53 Å². The van der Waals surface area contributed by atoms with Gasteiger partial charge >= 0.3 is 0 Å². The van der Waals surface area contributed by atoms with Gasteiger partial charge in [-0.25, -0.2) is 9.37 Å². The van der Waals surface area contributed by atoms with Crippen molar-refractivity contribution in [3.8, 4) is 6.07 Å². The van der Waals surface area contributed by atoms with E-state index in [1.54, 1.807) is 21.9 Å². The molecule has 0 unspecified atom stereocenters. The highest BCUT2D eigenvalue weighted by Gasteiger charge is 2.39. The highest BCUT2D eigenvalue weighted by Crippen LogP contribution is 2.28. The minimum absolute atomic E-state index is 0.0706. The number of carbonyl (C=O) groups is 1. The number of nitrogens with zero attached hydrogens (tertiary/aromatic N) is 4. The largest absolute Gasteiger partial charge is 0.378 e. The van der Waals surface area contributed by atoms with E-state index in [0.29, 0.717) is 32.0 Å². The van der Waals surface area contributed by atoms with Crippen molar-refractivity contribution < 1.29 is 13.9 Å². The van der Waals surface area contributed by atoms with E-state index in [-0.39, 0.29) is 24.6 Å². The van der Waals surface area contributed by atoms with E-state index in [1.165, 1.54) is 6.20 Å². The SMILES string of the molecule is N#Cc1cc(N2C[C@H](F)C[C@H]2C(=O)N2CCOCC2)ccn1. The zero-order chi connectivity index (χ0) is 15.5. The fourth-order valence-electron chi connectivity index (χ4n) is 2.96. The predicted molar refractivity (Wildman–Crippen MR) is 77.0 cm³/mol. The molecule has 3 heterocycles. The van der Waals surface area contributed by atoms with Crippen LogP contribution in [0.1, 0.15) is 12.1 Å². The van der Waals surface area contributed by atoms with Crippen LogP contribution in [0, 0.1) is 11.3 Å². The molecular weight excluding hydrogens is 287 g/mol. The van der Waals surface area contributed by atoms with Gasteiger partial charge in [0.05, 0.1) is 19.8 Å². The highest BCUT2D eigenvalue weighted by molar-refractivity contribution is 5.86. The van der Waals surface area contributed by atoms with Crippen molar-refractivity contribution in [2.75, 3.05) is 37.7 Å². The maximum atomic E-state index is 13.9. The average Bonchev–Trinajstić information content (AvgIpc) is 2.97. The van der Waals surface area contributed by atoms with Crippen molar-refractivity contribution in [2.24, 2.45) is 0 Å². The lowest BCUT2D eigenvalue weighted by molar-refractivity contribution is -0.136. The standard InChI is InChI=1S/C15H17FN4O2/c16-11-7-14(15(21)19-3-5-22-6-4-19)20(10-11)13-1-2-18-12(8-13)9-17/h1-2,8,11,14H,3-7,10H2/t11-,14+/m1/s1. The van der Waals surface area contributed by atoms with Crippen LogP contribution in [0.25, 0.3) is 0 Å². The Morgan fingerprint density at radius 2 is 2.23 bits per heavy atom. The van der Waals surface area contributed by atoms with Gasteiger partial charge in [-0.2, -0.15) is 5.26 Å². The van der Waals surface area contributed by atoms with Crippen LogP contribution in [0.2, 0.25) is 0 Å². The van der Waals surface area contributed by atoms with Gasteiger partial charge in [-0.1, -0.05) is 0 Å². The van der Waals surface area contributed by atoms with Gasteiger partial charge in [0, 0.05) is 31.4 Å². The average molecular weight is 304 g/mol. The molecule has 2 atom stereocenters. The fraction of sp³-hybridized carbons (Fsp3) is 0.533. The molecule has 2 aliphatic heterocycles. The van der Waals surface area contributed by atoms with Gasteiger partial charge in [0.1, 0.15) is 24.0 Å². The third-order valence-corrected chi connectivity index (χ3v) is 4.05. The third-order valence-electron chi connectivity index (χ3n) is 4.05. The van der Waals surface area contributed by atoms with Crippen molar-refractivity contribution in [3.05, 3.63) is 24.0 Å². The Labute approximate surface area is 128 Å². The normalized spacial score (nSPS) is 25.1. The van der Waals surface area contributed by atoms with Crippen LogP contribution in [0.3, 0.4) is 0 Å². The quantitative estimate of drug-likeness (QED) is 0.805. The molecule has 116 valence electrons. The summed E-state index contributed by atoms with van der Waals surface area (Å²) in [5, 5.41) is 8.94. The van der Waals surface area contributed by atoms with Gasteiger partial charge in [-0.3, -0.25) is 4.79 Å². The second-order valence-electron chi connectivity index (χ2n) is 5.45. The monoisotopic (exact) mass is 304 g/mol. The summed E-state index contributed by atoms with van der Waals surface area (Å²) in [6.07, 6.45) is 0.643. The van der Waals surface area contributed by atoms with Crippen molar-refractivity contribution in [1.82, 2.24) is 9.88 Å². The second kappa shape index (κ2) is 6.28. The molecule has 0 N–H and O–H groups in total. The first-order valence-electron chi connectivity index (χ1n) is 7.32. The fourth-order valence-corrected chi connectivity index (χ4v) is 2.96. The zero-order valence-corrected chi connectivity index (χ0v) is 12.1. The molecule has 7 heteroatoms. The van der Waals surface area contributed by atoms with Gasteiger partial charge < -0.3 is 14.5 Å². The Bertz CT molecular complexity index is 597. The van der Waals surface area contributed by atoms with Gasteiger partial charge in [0.15, 0.2) is 0 Å². The number of amides is 1. The number of anilines is 1. The molecule has 2 saturated heterocycles. The number of ether oxygens (including phenoxy) is 1. The van der Waals surface area contributed by atoms with Gasteiger partial charge in [-0.15, -0.1) is 0 Å². The van der Waals surface area contributed by atoms with E-state index in [9.17, 15) is 9.18 Å². The Morgan fingerprint density at radius 3 is 2.95 bits per heavy atom. The molecule has 1 aromatic heterocycles. The molecule has 0 spiro atoms. The Morgan fingerprint density at radius 1 is 1.45 bits per heavy atom. The molecule has 1 aromatic rings. The lowest BCUT2D eigenvalue weighted by atomic mass is 10.1.